The highest BCUT2D eigenvalue weighted by molar-refractivity contribution is 7.79. The van der Waals surface area contributed by atoms with Crippen LogP contribution in [0.25, 0.3) is 0 Å². The van der Waals surface area contributed by atoms with Crippen LogP contribution in [0.3, 0.4) is 0 Å². The molecule has 1 aliphatic carbocycles. The lowest BCUT2D eigenvalue weighted by Gasteiger charge is -2.31. The minimum absolute atomic E-state index is 0.152. The van der Waals surface area contributed by atoms with Gasteiger partial charge in [0.2, 0.25) is 0 Å². The van der Waals surface area contributed by atoms with Gasteiger partial charge in [-0.3, -0.25) is 8.42 Å². The van der Waals surface area contributed by atoms with E-state index in [4.69, 9.17) is 0 Å². The molecule has 1 fully saturated rings. The number of benzene rings is 1. The fraction of sp³-hybridized carbons (Fsp3) is 0.500. The summed E-state index contributed by atoms with van der Waals surface area (Å²) < 4.78 is 44.0. The average molecular weight is 286 g/mol. The SMILES string of the molecule is O=S([O-])c1ccccc1C1CCC(S(=O)[O-])CC1. The van der Waals surface area contributed by atoms with E-state index >= 15 is 0 Å². The van der Waals surface area contributed by atoms with Crippen molar-refractivity contribution in [2.24, 2.45) is 0 Å². The molecule has 1 aromatic rings. The highest BCUT2D eigenvalue weighted by Gasteiger charge is 2.24. The van der Waals surface area contributed by atoms with Crippen molar-refractivity contribution >= 4 is 22.2 Å². The Balaban J connectivity index is 2.15. The van der Waals surface area contributed by atoms with Gasteiger partial charge in [0.1, 0.15) is 0 Å². The van der Waals surface area contributed by atoms with Crippen LogP contribution >= 0.6 is 0 Å². The third-order valence-electron chi connectivity index (χ3n) is 3.48. The maximum Gasteiger partial charge on any atom is 0.0283 e. The molecule has 1 aliphatic rings. The lowest BCUT2D eigenvalue weighted by Crippen LogP contribution is -2.22. The summed E-state index contributed by atoms with van der Waals surface area (Å²) in [5, 5.41) is -0.272. The molecule has 1 saturated carbocycles. The lowest BCUT2D eigenvalue weighted by molar-refractivity contribution is 0.419. The smallest absolute Gasteiger partial charge is 0.0283 e. The predicted molar refractivity (Wildman–Crippen MR) is 67.5 cm³/mol. The average Bonchev–Trinajstić information content (AvgIpc) is 2.39. The van der Waals surface area contributed by atoms with E-state index in [1.54, 1.807) is 12.1 Å². The summed E-state index contributed by atoms with van der Waals surface area (Å²) in [6.07, 6.45) is 2.68. The zero-order valence-electron chi connectivity index (χ0n) is 9.74. The van der Waals surface area contributed by atoms with Crippen LogP contribution in [0, 0.1) is 0 Å². The number of rotatable bonds is 3. The van der Waals surface area contributed by atoms with Gasteiger partial charge in [0.25, 0.3) is 0 Å². The maximum absolute atomic E-state index is 11.1. The zero-order chi connectivity index (χ0) is 13.1. The summed E-state index contributed by atoms with van der Waals surface area (Å²) in [7, 11) is 0. The van der Waals surface area contributed by atoms with Gasteiger partial charge in [-0.25, -0.2) is 0 Å². The summed E-state index contributed by atoms with van der Waals surface area (Å²) in [6, 6.07) is 6.94. The molecule has 2 unspecified atom stereocenters. The molecule has 0 radical (unpaired) electrons. The van der Waals surface area contributed by atoms with Gasteiger partial charge in [-0.15, -0.1) is 0 Å². The molecule has 2 atom stereocenters. The van der Waals surface area contributed by atoms with E-state index < -0.39 is 22.2 Å². The molecule has 4 nitrogen and oxygen atoms in total. The van der Waals surface area contributed by atoms with Gasteiger partial charge < -0.3 is 9.11 Å². The van der Waals surface area contributed by atoms with E-state index in [9.17, 15) is 17.5 Å². The van der Waals surface area contributed by atoms with E-state index in [1.165, 1.54) is 0 Å². The van der Waals surface area contributed by atoms with Crippen LogP contribution in [0.4, 0.5) is 0 Å². The summed E-state index contributed by atoms with van der Waals surface area (Å²) in [4.78, 5) is 0.337. The highest BCUT2D eigenvalue weighted by atomic mass is 32.2. The molecular weight excluding hydrogens is 272 g/mol. The Morgan fingerprint density at radius 2 is 1.61 bits per heavy atom. The second kappa shape index (κ2) is 6.06. The van der Waals surface area contributed by atoms with Crippen LogP contribution < -0.4 is 0 Å². The summed E-state index contributed by atoms with van der Waals surface area (Å²) >= 11 is -4.24. The van der Waals surface area contributed by atoms with Gasteiger partial charge in [-0.2, -0.15) is 0 Å². The third-order valence-corrected chi connectivity index (χ3v) is 5.23. The van der Waals surface area contributed by atoms with Gasteiger partial charge in [0.15, 0.2) is 0 Å². The van der Waals surface area contributed by atoms with Crippen molar-refractivity contribution in [2.75, 3.05) is 0 Å². The normalized spacial score (nSPS) is 27.7. The number of hydrogen-bond acceptors (Lipinski definition) is 4. The van der Waals surface area contributed by atoms with E-state index in [1.807, 2.05) is 12.1 Å². The lowest BCUT2D eigenvalue weighted by atomic mass is 9.84. The Labute approximate surface area is 111 Å². The molecule has 0 N–H and O–H groups in total. The molecule has 0 saturated heterocycles. The van der Waals surface area contributed by atoms with E-state index in [2.05, 4.69) is 0 Å². The first-order chi connectivity index (χ1) is 8.59. The van der Waals surface area contributed by atoms with E-state index in [0.717, 1.165) is 18.4 Å². The summed E-state index contributed by atoms with van der Waals surface area (Å²) in [5.41, 5.74) is 0.820. The molecule has 0 aliphatic heterocycles. The summed E-state index contributed by atoms with van der Waals surface area (Å²) in [5.74, 6) is 0.152. The van der Waals surface area contributed by atoms with Crippen LogP contribution in [0.2, 0.25) is 0 Å². The first-order valence-electron chi connectivity index (χ1n) is 5.86. The van der Waals surface area contributed by atoms with Crippen molar-refractivity contribution in [1.29, 1.82) is 0 Å². The standard InChI is InChI=1S/C12H16O4S2/c13-17(14)10-7-5-9(6-8-10)11-3-1-2-4-12(11)18(15)16/h1-4,9-10H,5-8H2,(H,13,14)(H,15,16)/p-2. The molecule has 18 heavy (non-hydrogen) atoms. The van der Waals surface area contributed by atoms with Crippen LogP contribution in [-0.2, 0) is 22.2 Å². The Hall–Kier alpha value is -0.560. The summed E-state index contributed by atoms with van der Waals surface area (Å²) in [6.45, 7) is 0. The van der Waals surface area contributed by atoms with Crippen LogP contribution in [0.15, 0.2) is 29.2 Å². The Morgan fingerprint density at radius 1 is 1.00 bits per heavy atom. The highest BCUT2D eigenvalue weighted by Crippen LogP contribution is 2.36. The second-order valence-corrected chi connectivity index (χ2v) is 6.60. The van der Waals surface area contributed by atoms with Gasteiger partial charge in [0, 0.05) is 10.1 Å². The molecule has 0 aromatic heterocycles. The van der Waals surface area contributed by atoms with Gasteiger partial charge in [0.05, 0.1) is 0 Å². The Bertz CT molecular complexity index is 467. The van der Waals surface area contributed by atoms with E-state index in [-0.39, 0.29) is 11.2 Å². The van der Waals surface area contributed by atoms with Gasteiger partial charge in [-0.05, 0) is 54.3 Å². The molecule has 6 heteroatoms. The quantitative estimate of drug-likeness (QED) is 0.794. The van der Waals surface area contributed by atoms with Gasteiger partial charge >= 0.3 is 0 Å². The Morgan fingerprint density at radius 3 is 2.17 bits per heavy atom. The monoisotopic (exact) mass is 286 g/mol. The molecule has 100 valence electrons. The largest absolute Gasteiger partial charge is 0.772 e. The van der Waals surface area contributed by atoms with Crippen molar-refractivity contribution in [3.63, 3.8) is 0 Å². The molecule has 1 aromatic carbocycles. The third kappa shape index (κ3) is 3.06. The van der Waals surface area contributed by atoms with Crippen molar-refractivity contribution in [2.45, 2.75) is 41.7 Å². The molecule has 0 amide bonds. The van der Waals surface area contributed by atoms with Crippen molar-refractivity contribution in [3.05, 3.63) is 29.8 Å². The molecule has 0 bridgehead atoms. The fourth-order valence-corrected chi connectivity index (χ4v) is 3.81. The van der Waals surface area contributed by atoms with E-state index in [0.29, 0.717) is 17.7 Å². The van der Waals surface area contributed by atoms with Crippen LogP contribution in [-0.4, -0.2) is 22.8 Å². The fourth-order valence-electron chi connectivity index (χ4n) is 2.54. The minimum Gasteiger partial charge on any atom is -0.772 e. The predicted octanol–water partition coefficient (Wildman–Crippen LogP) is 1.83. The topological polar surface area (TPSA) is 80.3 Å². The van der Waals surface area contributed by atoms with Crippen LogP contribution in [0.1, 0.15) is 37.2 Å². The first-order valence-corrected chi connectivity index (χ1v) is 8.07. The molecular formula is C12H14O4S2-2. The zero-order valence-corrected chi connectivity index (χ0v) is 11.4. The number of hydrogen-bond donors (Lipinski definition) is 0. The van der Waals surface area contributed by atoms with Crippen molar-refractivity contribution in [1.82, 2.24) is 0 Å². The van der Waals surface area contributed by atoms with Crippen LogP contribution in [0.5, 0.6) is 0 Å². The minimum atomic E-state index is -2.23. The molecule has 2 rings (SSSR count). The first kappa shape index (κ1) is 13.9. The molecule has 0 spiro atoms. The van der Waals surface area contributed by atoms with Crippen molar-refractivity contribution < 1.29 is 17.5 Å². The second-order valence-electron chi connectivity index (χ2n) is 4.51. The molecule has 0 heterocycles. The Kier molecular flexibility index (Phi) is 4.66. The van der Waals surface area contributed by atoms with Gasteiger partial charge in [-0.1, -0.05) is 29.3 Å². The van der Waals surface area contributed by atoms with Crippen molar-refractivity contribution in [3.8, 4) is 0 Å². The maximum atomic E-state index is 11.1.